The van der Waals surface area contributed by atoms with E-state index < -0.39 is 163 Å². The molecule has 0 bridgehead atoms. The van der Waals surface area contributed by atoms with Gasteiger partial charge in [0.1, 0.15) is 64.1 Å². The summed E-state index contributed by atoms with van der Waals surface area (Å²) < 4.78 is 42.9. The summed E-state index contributed by atoms with van der Waals surface area (Å²) in [6, 6.07) is 0. The Morgan fingerprint density at radius 3 is 0.873 bits per heavy atom. The summed E-state index contributed by atoms with van der Waals surface area (Å²) in [7, 11) is 14.3. The molecule has 2 heterocycles. The van der Waals surface area contributed by atoms with Crippen molar-refractivity contribution in [1.29, 1.82) is 0 Å². The fraction of sp³-hybridized carbons (Fsp3) is 0.817. The van der Waals surface area contributed by atoms with Crippen LogP contribution in [0, 0.1) is 48.7 Å². The fourth-order valence-corrected chi connectivity index (χ4v) is 12.5. The van der Waals surface area contributed by atoms with Crippen LogP contribution in [0.25, 0.3) is 0 Å². The number of epoxide rings is 2. The first-order valence-electron chi connectivity index (χ1n) is 38.8. The highest BCUT2D eigenvalue weighted by molar-refractivity contribution is 5.87. The Kier molecular flexibility index (Phi) is 54.7. The summed E-state index contributed by atoms with van der Waals surface area (Å²) in [4.78, 5) is 179. The molecular weight excluding hydrogens is 1550 g/mol. The third-order valence-corrected chi connectivity index (χ3v) is 19.8. The summed E-state index contributed by atoms with van der Waals surface area (Å²) in [6.45, 7) is 40.4. The van der Waals surface area contributed by atoms with Gasteiger partial charge in [0.25, 0.3) is 29.8 Å². The number of ether oxygens (including phenoxy) is 8. The fourth-order valence-electron chi connectivity index (χ4n) is 12.5. The van der Waals surface area contributed by atoms with E-state index in [1.807, 2.05) is 74.6 Å². The zero-order chi connectivity index (χ0) is 94.9. The minimum absolute atomic E-state index is 0.0379. The van der Waals surface area contributed by atoms with Gasteiger partial charge < -0.3 is 103 Å². The van der Waals surface area contributed by atoms with E-state index in [9.17, 15) is 63.3 Å². The Bertz CT molecular complexity index is 3130. The monoisotopic (exact) mass is 1700 g/mol. The van der Waals surface area contributed by atoms with E-state index in [1.165, 1.54) is 30.6 Å². The molecule has 0 radical (unpaired) electrons. The number of carbonyl (C=O) groups excluding carboxylic acids is 8. The van der Waals surface area contributed by atoms with Crippen LogP contribution in [0.2, 0.25) is 0 Å². The molecule has 11 unspecified atom stereocenters. The lowest BCUT2D eigenvalue weighted by Crippen LogP contribution is -2.54. The number of carboxylic acids is 7. The summed E-state index contributed by atoms with van der Waals surface area (Å²) in [5, 5.41) is 75.9. The number of carbonyl (C=O) groups is 15. The first kappa shape index (κ1) is 121. The van der Waals surface area contributed by atoms with Crippen molar-refractivity contribution in [2.45, 2.75) is 279 Å². The van der Waals surface area contributed by atoms with Crippen molar-refractivity contribution in [1.82, 2.24) is 19.6 Å². The van der Waals surface area contributed by atoms with Crippen LogP contribution in [0.5, 0.6) is 0 Å². The number of carboxylic acid groups (broad SMARTS) is 7. The molecule has 690 valence electrons. The van der Waals surface area contributed by atoms with Crippen LogP contribution in [-0.4, -0.2) is 300 Å². The molecule has 0 spiro atoms. The largest absolute Gasteiger partial charge is 0.481 e. The molecule has 2 aliphatic rings. The number of aliphatic hydroxyl groups is 2. The molecule has 2 saturated heterocycles. The van der Waals surface area contributed by atoms with Gasteiger partial charge in [0.15, 0.2) is 0 Å². The molecule has 0 aliphatic carbocycles. The molecular formula is C82H150N4O32. The minimum atomic E-state index is -1.32. The van der Waals surface area contributed by atoms with Gasteiger partial charge in [-0.05, 0) is 189 Å². The highest BCUT2D eigenvalue weighted by Crippen LogP contribution is 2.51. The molecule has 36 nitrogen and oxygen atoms in total. The second-order valence-corrected chi connectivity index (χ2v) is 35.4. The van der Waals surface area contributed by atoms with Gasteiger partial charge in [0.05, 0.1) is 51.1 Å². The SMILES string of the molecule is CC(=O)O.CC(=O)O.CC(=O)O.CC(=O)O.CC(=O)O.CCC(C)(C)C(=O)O.CCC(C)(CC(C)(C)C(=O)O)C(=O)OCC(O)COC(=O)C(C)(C)CC(C)(CC(C)(CC(C)(CC)N(C)C)C(=O)OCC(O)COC(C)=O)N(C)C.CCC(C)(CC(C)(CC(C)(CC(C)(C)C(=O)OCC1CO1)C(=O)N(C)C)C(=O)OCC1CO1)C(=O)N(C)C. The van der Waals surface area contributed by atoms with Gasteiger partial charge in [0, 0.05) is 91.6 Å². The van der Waals surface area contributed by atoms with Crippen LogP contribution in [0.3, 0.4) is 0 Å². The van der Waals surface area contributed by atoms with Crippen molar-refractivity contribution < 1.29 is 156 Å². The molecule has 11 atom stereocenters. The molecule has 0 aromatic rings. The smallest absolute Gasteiger partial charge is 0.312 e. The Balaban J connectivity index is -0.000000408. The average molecular weight is 1700 g/mol. The number of rotatable bonds is 41. The Hall–Kier alpha value is -8.19. The predicted molar refractivity (Wildman–Crippen MR) is 435 cm³/mol. The molecule has 0 aromatic carbocycles. The topological polar surface area (TPSA) is 532 Å². The van der Waals surface area contributed by atoms with Crippen LogP contribution < -0.4 is 0 Å². The van der Waals surface area contributed by atoms with Gasteiger partial charge in [-0.2, -0.15) is 0 Å². The lowest BCUT2D eigenvalue weighted by molar-refractivity contribution is -0.169. The van der Waals surface area contributed by atoms with Crippen molar-refractivity contribution in [2.75, 3.05) is 109 Å². The van der Waals surface area contributed by atoms with E-state index in [2.05, 4.69) is 11.8 Å². The lowest BCUT2D eigenvalue weighted by atomic mass is 9.61. The molecule has 9 N–H and O–H groups in total. The third kappa shape index (κ3) is 50.7. The number of nitrogens with zero attached hydrogens (tertiary/aromatic N) is 4. The lowest BCUT2D eigenvalue weighted by Gasteiger charge is -2.48. The molecule has 2 amide bonds. The first-order valence-corrected chi connectivity index (χ1v) is 38.8. The van der Waals surface area contributed by atoms with Gasteiger partial charge in [-0.25, -0.2) is 0 Å². The normalized spacial score (nSPS) is 17.3. The number of aliphatic hydroxyl groups excluding tert-OH is 2. The van der Waals surface area contributed by atoms with Crippen LogP contribution in [0.1, 0.15) is 244 Å². The molecule has 118 heavy (non-hydrogen) atoms. The van der Waals surface area contributed by atoms with E-state index in [1.54, 1.807) is 97.4 Å². The predicted octanol–water partition coefficient (Wildman–Crippen LogP) is 8.71. The highest BCUT2D eigenvalue weighted by Gasteiger charge is 2.55. The van der Waals surface area contributed by atoms with E-state index in [-0.39, 0.29) is 89.0 Å². The maximum Gasteiger partial charge on any atom is 0.312 e. The number of hydrogen-bond acceptors (Lipinski definition) is 27. The number of hydrogen-bond donors (Lipinski definition) is 9. The van der Waals surface area contributed by atoms with Crippen molar-refractivity contribution in [3.63, 3.8) is 0 Å². The summed E-state index contributed by atoms with van der Waals surface area (Å²) in [6.07, 6.45) is 0.871. The van der Waals surface area contributed by atoms with Crippen LogP contribution >= 0.6 is 0 Å². The Morgan fingerprint density at radius 2 is 0.585 bits per heavy atom. The van der Waals surface area contributed by atoms with Crippen molar-refractivity contribution in [2.24, 2.45) is 48.7 Å². The maximum absolute atomic E-state index is 13.9. The minimum Gasteiger partial charge on any atom is -0.481 e. The molecule has 2 rings (SSSR count). The summed E-state index contributed by atoms with van der Waals surface area (Å²) >= 11 is 0. The molecule has 0 aromatic heterocycles. The van der Waals surface area contributed by atoms with Crippen LogP contribution in [0.15, 0.2) is 0 Å². The second-order valence-electron chi connectivity index (χ2n) is 35.4. The van der Waals surface area contributed by atoms with Crippen LogP contribution in [0.4, 0.5) is 0 Å². The van der Waals surface area contributed by atoms with E-state index in [0.717, 1.165) is 41.0 Å². The second kappa shape index (κ2) is 53.5. The summed E-state index contributed by atoms with van der Waals surface area (Å²) in [5.74, 6) is -9.50. The molecule has 2 fully saturated rings. The van der Waals surface area contributed by atoms with Crippen LogP contribution in [-0.2, 0) is 110 Å². The zero-order valence-electron chi connectivity index (χ0n) is 76.9. The number of aliphatic carboxylic acids is 7. The summed E-state index contributed by atoms with van der Waals surface area (Å²) in [5.41, 5.74) is -10.4. The zero-order valence-corrected chi connectivity index (χ0v) is 76.9. The third-order valence-electron chi connectivity index (χ3n) is 19.8. The number of amides is 2. The standard InChI is InChI=1S/C38H70N2O12.C28H48N2O8.C6H12O2.5C2H4O2/c1-16-35(8,22-33(4,5)29(44)45)31(47)51-21-28(43)19-50-30(46)34(6,7)23-38(11,40(14)15)25-36(9,24-37(10,17-2)39(12)13)32(48)52-20-27(42)18-49-26(3)41;1-11-26(4,21(31)29(7)8)17-28(6,24(34)38-15-20-13-36-20)18-27(5,22(32)30(9)10)16-25(2,3)23(33)37-14-19-12-35-19;1-4-6(2,3)5(7)8;5*1-2(3)4/h27-28,42-43H,16-25H2,1-15H3,(H,44,45);19-20H,11-18H2,1-10H3;4H2,1-3H3,(H,7,8);5*1H3,(H,3,4). The van der Waals surface area contributed by atoms with Gasteiger partial charge in [0.2, 0.25) is 11.8 Å². The Labute approximate surface area is 699 Å². The van der Waals surface area contributed by atoms with Crippen molar-refractivity contribution >= 4 is 89.4 Å². The average Bonchev–Trinajstić information content (AvgIpc) is 0.887. The van der Waals surface area contributed by atoms with E-state index in [4.69, 9.17) is 92.5 Å². The Morgan fingerprint density at radius 1 is 0.322 bits per heavy atom. The maximum atomic E-state index is 13.9. The molecule has 36 heteroatoms. The van der Waals surface area contributed by atoms with Gasteiger partial charge in [-0.15, -0.1) is 0 Å². The van der Waals surface area contributed by atoms with Gasteiger partial charge in [-0.3, -0.25) is 71.9 Å². The number of esters is 6. The van der Waals surface area contributed by atoms with E-state index >= 15 is 0 Å². The van der Waals surface area contributed by atoms with Gasteiger partial charge >= 0.3 is 47.8 Å². The van der Waals surface area contributed by atoms with Crippen molar-refractivity contribution in [3.05, 3.63) is 0 Å². The first-order chi connectivity index (χ1) is 53.0. The quantitative estimate of drug-likeness (QED) is 0.0157. The molecule has 0 saturated carbocycles. The van der Waals surface area contributed by atoms with Gasteiger partial charge in [-0.1, -0.05) is 41.5 Å². The molecule has 2 aliphatic heterocycles. The highest BCUT2D eigenvalue weighted by atomic mass is 16.6. The van der Waals surface area contributed by atoms with E-state index in [0.29, 0.717) is 38.9 Å². The van der Waals surface area contributed by atoms with Crippen molar-refractivity contribution in [3.8, 4) is 0 Å².